The highest BCUT2D eigenvalue weighted by atomic mass is 36.0. The molecule has 0 aliphatic rings. The van der Waals surface area contributed by atoms with E-state index in [1.165, 1.54) is 0 Å². The van der Waals surface area contributed by atoms with E-state index in [0.29, 0.717) is 0 Å². The lowest BCUT2D eigenvalue weighted by molar-refractivity contribution is 1.53. The molecule has 0 amide bonds. The van der Waals surface area contributed by atoms with Crippen molar-refractivity contribution in [1.82, 2.24) is 0 Å². The van der Waals surface area contributed by atoms with Crippen LogP contribution in [-0.2, 0) is 0 Å². The molecule has 0 heterocycles. The van der Waals surface area contributed by atoms with Crippen LogP contribution in [0.3, 0.4) is 0 Å². The van der Waals surface area contributed by atoms with Crippen molar-refractivity contribution >= 4 is 49.7 Å². The highest BCUT2D eigenvalue weighted by Gasteiger charge is 2.14. The van der Waals surface area contributed by atoms with E-state index in [0.717, 1.165) is 11.5 Å². The van der Waals surface area contributed by atoms with Gasteiger partial charge in [-0.05, 0) is 24.5 Å². The molecule has 0 spiro atoms. The van der Waals surface area contributed by atoms with Crippen molar-refractivity contribution in [1.29, 1.82) is 0 Å². The third-order valence-corrected chi connectivity index (χ3v) is 4.67. The summed E-state index contributed by atoms with van der Waals surface area (Å²) in [4.78, 5) is 0. The molecule has 0 rings (SSSR count). The Labute approximate surface area is 79.7 Å². The lowest BCUT2D eigenvalue weighted by Gasteiger charge is -2.26. The first-order valence-corrected chi connectivity index (χ1v) is 10.1. The Hall–Kier alpha value is 1.57. The average molecular weight is 244 g/mol. The molecule has 0 saturated heterocycles. The fourth-order valence-electron chi connectivity index (χ4n) is 0.344. The van der Waals surface area contributed by atoms with Gasteiger partial charge in [-0.2, -0.15) is 9.24 Å². The summed E-state index contributed by atoms with van der Waals surface area (Å²) < 4.78 is 0. The van der Waals surface area contributed by atoms with E-state index in [2.05, 4.69) is 0 Å². The maximum atomic E-state index is 6.02. The summed E-state index contributed by atoms with van der Waals surface area (Å²) in [5, 5.41) is 0. The second kappa shape index (κ2) is 3.99. The molecule has 0 saturated carbocycles. The molecule has 0 fully saturated rings. The van der Waals surface area contributed by atoms with Gasteiger partial charge in [-0.15, -0.1) is 0 Å². The van der Waals surface area contributed by atoms with Gasteiger partial charge in [-0.3, -0.25) is 0 Å². The molecule has 0 atom stereocenters. The number of hydrogen-bond donors (Lipinski definition) is 0. The van der Waals surface area contributed by atoms with E-state index in [-0.39, 0.29) is 0 Å². The van der Waals surface area contributed by atoms with Gasteiger partial charge in [-0.1, -0.05) is 40.5 Å². The second-order valence-corrected chi connectivity index (χ2v) is 15.1. The summed E-state index contributed by atoms with van der Waals surface area (Å²) in [7, 11) is 15.4. The lowest BCUT2D eigenvalue weighted by atomic mass is 11.0. The van der Waals surface area contributed by atoms with Crippen LogP contribution in [0.5, 0.6) is 0 Å². The molecule has 0 aliphatic carbocycles. The molecule has 0 aromatic rings. The summed E-state index contributed by atoms with van der Waals surface area (Å²) in [5.41, 5.74) is 0. The molecule has 5 heteroatoms. The fourth-order valence-corrected chi connectivity index (χ4v) is 4.80. The maximum Gasteiger partial charge on any atom is 0.0114 e. The quantitative estimate of drug-likeness (QED) is 0.704. The van der Waals surface area contributed by atoms with Crippen LogP contribution < -0.4 is 0 Å². The Bertz CT molecular complexity index is 88.4. The van der Waals surface area contributed by atoms with Crippen molar-refractivity contribution in [3.63, 3.8) is 0 Å². The SMILES string of the molecule is CS(C)(Cl)CCS(C)(Cl)Cl. The molecular formula is C5H13Cl3S2. The summed E-state index contributed by atoms with van der Waals surface area (Å²) in [6.45, 7) is 0. The Balaban J connectivity index is 3.56. The highest BCUT2D eigenvalue weighted by Crippen LogP contribution is 2.58. The van der Waals surface area contributed by atoms with Crippen molar-refractivity contribution < 1.29 is 0 Å². The summed E-state index contributed by atoms with van der Waals surface area (Å²) in [5.74, 6) is 1.80. The average Bonchev–Trinajstić information content (AvgIpc) is 1.57. The van der Waals surface area contributed by atoms with E-state index >= 15 is 0 Å². The van der Waals surface area contributed by atoms with Crippen LogP contribution in [-0.4, -0.2) is 30.3 Å². The minimum atomic E-state index is -1.38. The minimum absolute atomic E-state index is 0.849. The predicted molar refractivity (Wildman–Crippen MR) is 60.2 cm³/mol. The standard InChI is InChI=1S/C5H13Cl3S2/c1-9(2,6)4-5-10(3,7)8/h4-5H2,1-3H3. The normalized spacial score (nSPS) is 17.0. The number of rotatable bonds is 3. The minimum Gasteiger partial charge on any atom is -0.168 e. The zero-order chi connectivity index (χ0) is 8.41. The van der Waals surface area contributed by atoms with E-state index in [9.17, 15) is 0 Å². The molecule has 0 N–H and O–H groups in total. The lowest BCUT2D eigenvalue weighted by Crippen LogP contribution is -2.00. The van der Waals surface area contributed by atoms with Crippen LogP contribution in [0, 0.1) is 0 Å². The van der Waals surface area contributed by atoms with Gasteiger partial charge in [-0.25, -0.2) is 0 Å². The van der Waals surface area contributed by atoms with Crippen molar-refractivity contribution in [2.75, 3.05) is 30.3 Å². The van der Waals surface area contributed by atoms with Crippen molar-refractivity contribution in [2.45, 2.75) is 0 Å². The highest BCUT2D eigenvalue weighted by molar-refractivity contribution is 8.66. The summed E-state index contributed by atoms with van der Waals surface area (Å²) in [6, 6.07) is 0. The van der Waals surface area contributed by atoms with Gasteiger partial charge in [0.25, 0.3) is 0 Å². The van der Waals surface area contributed by atoms with Gasteiger partial charge < -0.3 is 0 Å². The molecule has 10 heavy (non-hydrogen) atoms. The van der Waals surface area contributed by atoms with Crippen LogP contribution in [0.15, 0.2) is 0 Å². The van der Waals surface area contributed by atoms with Crippen molar-refractivity contribution in [3.05, 3.63) is 0 Å². The van der Waals surface area contributed by atoms with E-state index in [4.69, 9.17) is 32.0 Å². The molecule has 0 bridgehead atoms. The Morgan fingerprint density at radius 3 is 1.40 bits per heavy atom. The first-order chi connectivity index (χ1) is 4.21. The van der Waals surface area contributed by atoms with Crippen LogP contribution in [0.1, 0.15) is 0 Å². The molecule has 0 radical (unpaired) electrons. The Morgan fingerprint density at radius 1 is 0.900 bits per heavy atom. The fraction of sp³-hybridized carbons (Fsp3) is 1.00. The number of halogens is 3. The molecule has 0 nitrogen and oxygen atoms in total. The first-order valence-electron chi connectivity index (χ1n) is 2.77. The molecule has 0 aliphatic heterocycles. The van der Waals surface area contributed by atoms with E-state index < -0.39 is 17.7 Å². The number of hydrogen-bond acceptors (Lipinski definition) is 0. The third kappa shape index (κ3) is 9.57. The maximum absolute atomic E-state index is 6.02. The van der Waals surface area contributed by atoms with Crippen LogP contribution in [0.25, 0.3) is 0 Å². The van der Waals surface area contributed by atoms with Gasteiger partial charge in [0.15, 0.2) is 0 Å². The molecule has 0 unspecified atom stereocenters. The first kappa shape index (κ1) is 11.6. The zero-order valence-corrected chi connectivity index (χ0v) is 10.3. The smallest absolute Gasteiger partial charge is 0.0114 e. The Kier molecular flexibility index (Phi) is 4.62. The van der Waals surface area contributed by atoms with Gasteiger partial charge in [0.2, 0.25) is 0 Å². The molecule has 0 aromatic heterocycles. The predicted octanol–water partition coefficient (Wildman–Crippen LogP) is 3.95. The molecule has 66 valence electrons. The van der Waals surface area contributed by atoms with Gasteiger partial charge in [0.1, 0.15) is 0 Å². The zero-order valence-electron chi connectivity index (χ0n) is 6.36. The Morgan fingerprint density at radius 2 is 1.30 bits per heavy atom. The van der Waals surface area contributed by atoms with Gasteiger partial charge in [0, 0.05) is 5.75 Å². The van der Waals surface area contributed by atoms with Crippen LogP contribution in [0.4, 0.5) is 0 Å². The van der Waals surface area contributed by atoms with Gasteiger partial charge in [0.05, 0.1) is 0 Å². The van der Waals surface area contributed by atoms with Crippen molar-refractivity contribution in [2.24, 2.45) is 0 Å². The van der Waals surface area contributed by atoms with Crippen LogP contribution in [0.2, 0.25) is 0 Å². The largest absolute Gasteiger partial charge is 0.168 e. The van der Waals surface area contributed by atoms with E-state index in [1.54, 1.807) is 0 Å². The second-order valence-electron chi connectivity index (χ2n) is 2.69. The molecule has 0 aromatic carbocycles. The monoisotopic (exact) mass is 242 g/mol. The van der Waals surface area contributed by atoms with Crippen molar-refractivity contribution in [3.8, 4) is 0 Å². The summed E-state index contributed by atoms with van der Waals surface area (Å²) in [6.07, 6.45) is 5.97. The van der Waals surface area contributed by atoms with E-state index in [1.807, 2.05) is 18.8 Å². The van der Waals surface area contributed by atoms with Gasteiger partial charge >= 0.3 is 0 Å². The van der Waals surface area contributed by atoms with Crippen LogP contribution >= 0.6 is 49.7 Å². The topological polar surface area (TPSA) is 0 Å². The molecular weight excluding hydrogens is 231 g/mol. The third-order valence-electron chi connectivity index (χ3n) is 0.927. The summed E-state index contributed by atoms with van der Waals surface area (Å²) >= 11 is 0.